The van der Waals surface area contributed by atoms with E-state index in [9.17, 15) is 0 Å². The Morgan fingerprint density at radius 1 is 1.28 bits per heavy atom. The predicted octanol–water partition coefficient (Wildman–Crippen LogP) is 4.50. The second kappa shape index (κ2) is 4.97. The zero-order valence-corrected chi connectivity index (χ0v) is 13.5. The fourth-order valence-corrected chi connectivity index (χ4v) is 3.06. The second-order valence-corrected chi connectivity index (χ2v) is 7.49. The maximum absolute atomic E-state index is 3.69. The Balaban J connectivity index is 2.16. The van der Waals surface area contributed by atoms with E-state index in [1.54, 1.807) is 0 Å². The Bertz CT molecular complexity index is 404. The summed E-state index contributed by atoms with van der Waals surface area (Å²) in [5.74, 6) is 0.841. The molecule has 1 aromatic rings. The molecule has 1 N–H and O–H groups in total. The molecule has 2 atom stereocenters. The van der Waals surface area contributed by atoms with Crippen LogP contribution in [0.4, 0.5) is 0 Å². The largest absolute Gasteiger partial charge is 0.311 e. The molecule has 1 aliphatic rings. The molecule has 2 unspecified atom stereocenters. The molecule has 1 aliphatic carbocycles. The molecule has 1 nitrogen and oxygen atoms in total. The second-order valence-electron chi connectivity index (χ2n) is 6.58. The molecular weight excluding hydrogens is 286 g/mol. The van der Waals surface area contributed by atoms with Gasteiger partial charge in [-0.05, 0) is 50.8 Å². The third-order valence-corrected chi connectivity index (χ3v) is 4.61. The lowest BCUT2D eigenvalue weighted by atomic mass is 9.91. The van der Waals surface area contributed by atoms with Crippen LogP contribution in [0.2, 0.25) is 0 Å². The van der Waals surface area contributed by atoms with Crippen LogP contribution >= 0.6 is 15.9 Å². The lowest BCUT2D eigenvalue weighted by molar-refractivity contribution is 0.388. The van der Waals surface area contributed by atoms with Crippen molar-refractivity contribution in [1.29, 1.82) is 0 Å². The third-order valence-electron chi connectivity index (χ3n) is 4.08. The van der Waals surface area contributed by atoms with E-state index in [-0.39, 0.29) is 5.54 Å². The first-order valence-corrected chi connectivity index (χ1v) is 7.68. The molecule has 18 heavy (non-hydrogen) atoms. The zero-order valence-electron chi connectivity index (χ0n) is 11.9. The van der Waals surface area contributed by atoms with E-state index in [0.717, 1.165) is 12.5 Å². The van der Waals surface area contributed by atoms with Crippen molar-refractivity contribution in [2.45, 2.75) is 51.5 Å². The van der Waals surface area contributed by atoms with Gasteiger partial charge in [0.25, 0.3) is 0 Å². The lowest BCUT2D eigenvalue weighted by Crippen LogP contribution is -2.41. The molecule has 0 aromatic heterocycles. The highest BCUT2D eigenvalue weighted by Crippen LogP contribution is 2.55. The Morgan fingerprint density at radius 2 is 1.89 bits per heavy atom. The summed E-state index contributed by atoms with van der Waals surface area (Å²) in [6, 6.07) is 8.90. The van der Waals surface area contributed by atoms with Gasteiger partial charge in [0.1, 0.15) is 0 Å². The molecule has 1 aromatic carbocycles. The van der Waals surface area contributed by atoms with E-state index in [2.05, 4.69) is 73.2 Å². The Hall–Kier alpha value is -0.340. The third kappa shape index (κ3) is 2.97. The van der Waals surface area contributed by atoms with E-state index >= 15 is 0 Å². The van der Waals surface area contributed by atoms with Crippen molar-refractivity contribution >= 4 is 15.9 Å². The fraction of sp³-hybridized carbons (Fsp3) is 0.625. The molecule has 2 heteroatoms. The topological polar surface area (TPSA) is 12.0 Å². The SMILES string of the molecule is CCC1CC1(CNC(C)(C)C)c1ccc(Br)cc1. The minimum absolute atomic E-state index is 0.198. The summed E-state index contributed by atoms with van der Waals surface area (Å²) in [4.78, 5) is 0. The molecule has 0 heterocycles. The van der Waals surface area contributed by atoms with Crippen LogP contribution in [0.3, 0.4) is 0 Å². The number of hydrogen-bond donors (Lipinski definition) is 1. The zero-order chi connectivity index (χ0) is 13.4. The fourth-order valence-electron chi connectivity index (χ4n) is 2.79. The summed E-state index contributed by atoms with van der Waals surface area (Å²) in [6.07, 6.45) is 2.61. The maximum Gasteiger partial charge on any atom is 0.0175 e. The number of hydrogen-bond acceptors (Lipinski definition) is 1. The van der Waals surface area contributed by atoms with Gasteiger partial charge < -0.3 is 5.32 Å². The molecule has 0 amide bonds. The van der Waals surface area contributed by atoms with Gasteiger partial charge in [0, 0.05) is 22.0 Å². The Morgan fingerprint density at radius 3 is 2.33 bits per heavy atom. The highest BCUT2D eigenvalue weighted by Gasteiger charge is 2.53. The van der Waals surface area contributed by atoms with Crippen molar-refractivity contribution in [1.82, 2.24) is 5.32 Å². The highest BCUT2D eigenvalue weighted by atomic mass is 79.9. The average Bonchev–Trinajstić information content (AvgIpc) is 3.02. The summed E-state index contributed by atoms with van der Waals surface area (Å²) in [5, 5.41) is 3.69. The standard InChI is InChI=1S/C16H24BrN/c1-5-12-10-16(12,11-18-15(2,3)4)13-6-8-14(17)9-7-13/h6-9,12,18H,5,10-11H2,1-4H3. The van der Waals surface area contributed by atoms with E-state index in [1.165, 1.54) is 22.9 Å². The first kappa shape index (κ1) is 14.1. The van der Waals surface area contributed by atoms with Gasteiger partial charge in [0.05, 0.1) is 0 Å². The van der Waals surface area contributed by atoms with E-state index in [0.29, 0.717) is 5.41 Å². The maximum atomic E-state index is 3.69. The Kier molecular flexibility index (Phi) is 3.89. The Labute approximate surface area is 119 Å². The smallest absolute Gasteiger partial charge is 0.0175 e. The van der Waals surface area contributed by atoms with Gasteiger partial charge in [0.15, 0.2) is 0 Å². The van der Waals surface area contributed by atoms with Crippen LogP contribution in [-0.4, -0.2) is 12.1 Å². The van der Waals surface area contributed by atoms with Crippen LogP contribution in [0.1, 0.15) is 46.1 Å². The van der Waals surface area contributed by atoms with Crippen LogP contribution < -0.4 is 5.32 Å². The van der Waals surface area contributed by atoms with Gasteiger partial charge in [0.2, 0.25) is 0 Å². The van der Waals surface area contributed by atoms with Crippen LogP contribution in [0.5, 0.6) is 0 Å². The van der Waals surface area contributed by atoms with Crippen LogP contribution in [0, 0.1) is 5.92 Å². The molecule has 1 fully saturated rings. The predicted molar refractivity (Wildman–Crippen MR) is 82.0 cm³/mol. The van der Waals surface area contributed by atoms with E-state index < -0.39 is 0 Å². The number of benzene rings is 1. The van der Waals surface area contributed by atoms with Crippen molar-refractivity contribution in [3.63, 3.8) is 0 Å². The highest BCUT2D eigenvalue weighted by molar-refractivity contribution is 9.10. The molecule has 100 valence electrons. The van der Waals surface area contributed by atoms with Crippen LogP contribution in [0.15, 0.2) is 28.7 Å². The van der Waals surface area contributed by atoms with Gasteiger partial charge >= 0.3 is 0 Å². The molecule has 0 spiro atoms. The van der Waals surface area contributed by atoms with Gasteiger partial charge in [-0.1, -0.05) is 41.4 Å². The van der Waals surface area contributed by atoms with Gasteiger partial charge in [-0.25, -0.2) is 0 Å². The summed E-state index contributed by atoms with van der Waals surface area (Å²) in [7, 11) is 0. The van der Waals surface area contributed by atoms with Crippen LogP contribution in [-0.2, 0) is 5.41 Å². The summed E-state index contributed by atoms with van der Waals surface area (Å²) < 4.78 is 1.17. The molecule has 0 aliphatic heterocycles. The summed E-state index contributed by atoms with van der Waals surface area (Å²) in [6.45, 7) is 10.1. The minimum Gasteiger partial charge on any atom is -0.311 e. The normalized spacial score (nSPS) is 27.3. The van der Waals surface area contributed by atoms with Crippen molar-refractivity contribution in [3.05, 3.63) is 34.3 Å². The molecule has 0 bridgehead atoms. The van der Waals surface area contributed by atoms with Gasteiger partial charge in [-0.15, -0.1) is 0 Å². The number of halogens is 1. The first-order chi connectivity index (χ1) is 8.37. The molecular formula is C16H24BrN. The quantitative estimate of drug-likeness (QED) is 0.863. The van der Waals surface area contributed by atoms with Gasteiger partial charge in [-0.2, -0.15) is 0 Å². The average molecular weight is 310 g/mol. The van der Waals surface area contributed by atoms with Crippen molar-refractivity contribution in [3.8, 4) is 0 Å². The molecule has 0 saturated heterocycles. The van der Waals surface area contributed by atoms with Gasteiger partial charge in [-0.3, -0.25) is 0 Å². The van der Waals surface area contributed by atoms with E-state index in [1.807, 2.05) is 0 Å². The van der Waals surface area contributed by atoms with Crippen molar-refractivity contribution in [2.75, 3.05) is 6.54 Å². The first-order valence-electron chi connectivity index (χ1n) is 6.88. The van der Waals surface area contributed by atoms with Crippen LogP contribution in [0.25, 0.3) is 0 Å². The summed E-state index contributed by atoms with van der Waals surface area (Å²) >= 11 is 3.52. The monoisotopic (exact) mass is 309 g/mol. The summed E-state index contributed by atoms with van der Waals surface area (Å²) in [5.41, 5.74) is 2.07. The number of nitrogens with one attached hydrogen (secondary N) is 1. The minimum atomic E-state index is 0.198. The van der Waals surface area contributed by atoms with Crippen molar-refractivity contribution < 1.29 is 0 Å². The van der Waals surface area contributed by atoms with E-state index in [4.69, 9.17) is 0 Å². The lowest BCUT2D eigenvalue weighted by Gasteiger charge is -2.26. The number of rotatable bonds is 4. The molecule has 0 radical (unpaired) electrons. The molecule has 1 saturated carbocycles. The molecule has 2 rings (SSSR count). The van der Waals surface area contributed by atoms with Crippen molar-refractivity contribution in [2.24, 2.45) is 5.92 Å².